The molecule has 0 radical (unpaired) electrons. The number of anilines is 1. The molecule has 0 fully saturated rings. The number of rotatable bonds is 7. The van der Waals surface area contributed by atoms with Crippen molar-refractivity contribution < 1.29 is 9.53 Å². The van der Waals surface area contributed by atoms with E-state index in [0.29, 0.717) is 13.1 Å². The molecule has 1 aromatic heterocycles. The van der Waals surface area contributed by atoms with E-state index in [1.165, 1.54) is 0 Å². The van der Waals surface area contributed by atoms with Crippen LogP contribution in [0.4, 0.5) is 10.5 Å². The number of urea groups is 1. The summed E-state index contributed by atoms with van der Waals surface area (Å²) in [6.07, 6.45) is 1.63. The van der Waals surface area contributed by atoms with Gasteiger partial charge in [0.1, 0.15) is 5.75 Å². The number of nitrogens with one attached hydrogen (secondary N) is 2. The maximum Gasteiger partial charge on any atom is 0.319 e. The molecule has 0 bridgehead atoms. The van der Waals surface area contributed by atoms with Crippen LogP contribution in [0, 0.1) is 0 Å². The van der Waals surface area contributed by atoms with Crippen LogP contribution >= 0.6 is 0 Å². The Balaban J connectivity index is 2.00. The minimum Gasteiger partial charge on any atom is -0.497 e. The Hall–Kier alpha value is -3.25. The summed E-state index contributed by atoms with van der Waals surface area (Å²) in [5.41, 5.74) is 11.2. The van der Waals surface area contributed by atoms with E-state index in [4.69, 9.17) is 10.5 Å². The summed E-state index contributed by atoms with van der Waals surface area (Å²) in [6.45, 7) is 7.37. The number of aromatic nitrogens is 1. The molecule has 4 N–H and O–H groups in total. The van der Waals surface area contributed by atoms with E-state index in [-0.39, 0.29) is 6.03 Å². The molecule has 0 atom stereocenters. The molecule has 6 heteroatoms. The van der Waals surface area contributed by atoms with Gasteiger partial charge < -0.3 is 25.7 Å². The van der Waals surface area contributed by atoms with E-state index >= 15 is 0 Å². The average molecular weight is 378 g/mol. The molecule has 3 rings (SSSR count). The van der Waals surface area contributed by atoms with Gasteiger partial charge in [0.25, 0.3) is 0 Å². The number of benzene rings is 2. The third-order valence-corrected chi connectivity index (χ3v) is 4.72. The Morgan fingerprint density at radius 2 is 2.00 bits per heavy atom. The van der Waals surface area contributed by atoms with Crippen molar-refractivity contribution in [3.8, 4) is 17.0 Å². The van der Waals surface area contributed by atoms with Crippen LogP contribution in [0.2, 0.25) is 0 Å². The van der Waals surface area contributed by atoms with Crippen LogP contribution in [-0.2, 0) is 13.1 Å². The summed E-state index contributed by atoms with van der Waals surface area (Å²) in [4.78, 5) is 11.8. The number of nitrogens with zero attached hydrogens (tertiary/aromatic N) is 1. The van der Waals surface area contributed by atoms with Crippen LogP contribution in [0.15, 0.2) is 55.1 Å². The van der Waals surface area contributed by atoms with Gasteiger partial charge in [0.2, 0.25) is 0 Å². The standard InChI is InChI=1S/C22H26N4O2/c1-4-12-24-22(27)25-16-8-6-15(7-9-16)21-19(14-23)18-13-17(28-3)10-11-20(18)26(21)5-2/h4,6-11,13H,1,5,12,14,23H2,2-3H3,(H2,24,25,27). The number of carbonyl (C=O) groups excluding carboxylic acids is 1. The molecule has 0 aliphatic heterocycles. The zero-order valence-corrected chi connectivity index (χ0v) is 16.3. The van der Waals surface area contributed by atoms with Crippen molar-refractivity contribution in [3.63, 3.8) is 0 Å². The predicted octanol–water partition coefficient (Wildman–Crippen LogP) is 4.10. The van der Waals surface area contributed by atoms with E-state index in [1.807, 2.05) is 36.4 Å². The molecule has 0 aliphatic rings. The van der Waals surface area contributed by atoms with Gasteiger partial charge in [0, 0.05) is 36.2 Å². The smallest absolute Gasteiger partial charge is 0.319 e. The molecule has 0 saturated heterocycles. The Labute approximate surface area is 165 Å². The molecular weight excluding hydrogens is 352 g/mol. The first-order valence-corrected chi connectivity index (χ1v) is 9.28. The number of amides is 2. The second-order valence-electron chi connectivity index (χ2n) is 6.36. The quantitative estimate of drug-likeness (QED) is 0.541. The average Bonchev–Trinajstić information content (AvgIpc) is 3.05. The molecule has 2 aromatic carbocycles. The summed E-state index contributed by atoms with van der Waals surface area (Å²) in [5, 5.41) is 6.60. The van der Waals surface area contributed by atoms with Gasteiger partial charge in [-0.25, -0.2) is 4.79 Å². The lowest BCUT2D eigenvalue weighted by Gasteiger charge is -2.11. The highest BCUT2D eigenvalue weighted by Gasteiger charge is 2.17. The van der Waals surface area contributed by atoms with E-state index in [9.17, 15) is 4.79 Å². The largest absolute Gasteiger partial charge is 0.497 e. The Morgan fingerprint density at radius 1 is 1.25 bits per heavy atom. The van der Waals surface area contributed by atoms with Crippen LogP contribution < -0.4 is 21.1 Å². The summed E-state index contributed by atoms with van der Waals surface area (Å²) in [5.74, 6) is 0.812. The first-order valence-electron chi connectivity index (χ1n) is 9.28. The summed E-state index contributed by atoms with van der Waals surface area (Å²) >= 11 is 0. The van der Waals surface area contributed by atoms with Crippen molar-refractivity contribution in [1.29, 1.82) is 0 Å². The fraction of sp³-hybridized carbons (Fsp3) is 0.227. The highest BCUT2D eigenvalue weighted by molar-refractivity contribution is 5.93. The molecule has 28 heavy (non-hydrogen) atoms. The lowest BCUT2D eigenvalue weighted by Crippen LogP contribution is -2.28. The number of ether oxygens (including phenoxy) is 1. The van der Waals surface area contributed by atoms with Crippen molar-refractivity contribution in [3.05, 3.63) is 60.7 Å². The van der Waals surface area contributed by atoms with Crippen molar-refractivity contribution in [2.24, 2.45) is 5.73 Å². The molecule has 0 aliphatic carbocycles. The van der Waals surface area contributed by atoms with Crippen molar-refractivity contribution in [2.45, 2.75) is 20.0 Å². The van der Waals surface area contributed by atoms with E-state index < -0.39 is 0 Å². The molecule has 3 aromatic rings. The topological polar surface area (TPSA) is 81.3 Å². The summed E-state index contributed by atoms with van der Waals surface area (Å²) in [6, 6.07) is 13.6. The van der Waals surface area contributed by atoms with Gasteiger partial charge in [-0.15, -0.1) is 6.58 Å². The number of carbonyl (C=O) groups is 1. The highest BCUT2D eigenvalue weighted by Crippen LogP contribution is 2.36. The molecule has 0 unspecified atom stereocenters. The van der Waals surface area contributed by atoms with E-state index in [0.717, 1.165) is 45.7 Å². The van der Waals surface area contributed by atoms with E-state index in [1.54, 1.807) is 13.2 Å². The van der Waals surface area contributed by atoms with Crippen molar-refractivity contribution in [2.75, 3.05) is 19.0 Å². The maximum atomic E-state index is 11.8. The van der Waals surface area contributed by atoms with Crippen LogP contribution in [0.25, 0.3) is 22.2 Å². The third kappa shape index (κ3) is 3.73. The normalized spacial score (nSPS) is 10.7. The number of fused-ring (bicyclic) bond motifs is 1. The zero-order valence-electron chi connectivity index (χ0n) is 16.3. The van der Waals surface area contributed by atoms with Crippen molar-refractivity contribution >= 4 is 22.6 Å². The molecule has 146 valence electrons. The van der Waals surface area contributed by atoms with Gasteiger partial charge in [0.05, 0.1) is 12.8 Å². The monoisotopic (exact) mass is 378 g/mol. The van der Waals surface area contributed by atoms with Crippen LogP contribution in [-0.4, -0.2) is 24.3 Å². The molecule has 0 saturated carbocycles. The number of aryl methyl sites for hydroxylation is 1. The van der Waals surface area contributed by atoms with Gasteiger partial charge in [-0.3, -0.25) is 0 Å². The predicted molar refractivity (Wildman–Crippen MR) is 115 cm³/mol. The molecule has 1 heterocycles. The van der Waals surface area contributed by atoms with Gasteiger partial charge in [-0.1, -0.05) is 18.2 Å². The summed E-state index contributed by atoms with van der Waals surface area (Å²) < 4.78 is 7.65. The number of nitrogens with two attached hydrogens (primary N) is 1. The lowest BCUT2D eigenvalue weighted by molar-refractivity contribution is 0.253. The number of hydrogen-bond acceptors (Lipinski definition) is 3. The maximum absolute atomic E-state index is 11.8. The molecule has 6 nitrogen and oxygen atoms in total. The Kier molecular flexibility index (Phi) is 6.01. The minimum absolute atomic E-state index is 0.259. The zero-order chi connectivity index (χ0) is 20.1. The van der Waals surface area contributed by atoms with Gasteiger partial charge >= 0.3 is 6.03 Å². The highest BCUT2D eigenvalue weighted by atomic mass is 16.5. The third-order valence-electron chi connectivity index (χ3n) is 4.72. The fourth-order valence-corrected chi connectivity index (χ4v) is 3.45. The number of hydrogen-bond donors (Lipinski definition) is 3. The van der Waals surface area contributed by atoms with Crippen LogP contribution in [0.3, 0.4) is 0 Å². The summed E-state index contributed by atoms with van der Waals surface area (Å²) in [7, 11) is 1.66. The van der Waals surface area contributed by atoms with Gasteiger partial charge in [-0.2, -0.15) is 0 Å². The first kappa shape index (κ1) is 19.5. The fourth-order valence-electron chi connectivity index (χ4n) is 3.45. The second-order valence-corrected chi connectivity index (χ2v) is 6.36. The van der Waals surface area contributed by atoms with E-state index in [2.05, 4.69) is 34.8 Å². The molecule has 0 spiro atoms. The number of methoxy groups -OCH3 is 1. The molecular formula is C22H26N4O2. The first-order chi connectivity index (χ1) is 13.6. The Bertz CT molecular complexity index is 990. The minimum atomic E-state index is -0.259. The molecule has 2 amide bonds. The van der Waals surface area contributed by atoms with Crippen LogP contribution in [0.1, 0.15) is 12.5 Å². The van der Waals surface area contributed by atoms with Gasteiger partial charge in [0.15, 0.2) is 0 Å². The van der Waals surface area contributed by atoms with Crippen LogP contribution in [0.5, 0.6) is 5.75 Å². The lowest BCUT2D eigenvalue weighted by atomic mass is 10.0. The Morgan fingerprint density at radius 3 is 2.61 bits per heavy atom. The van der Waals surface area contributed by atoms with Gasteiger partial charge in [-0.05, 0) is 48.4 Å². The SMILES string of the molecule is C=CCNC(=O)Nc1ccc(-c2c(CN)c3cc(OC)ccc3n2CC)cc1. The second kappa shape index (κ2) is 8.63. The van der Waals surface area contributed by atoms with Crippen molar-refractivity contribution in [1.82, 2.24) is 9.88 Å².